The van der Waals surface area contributed by atoms with Crippen LogP contribution in [0.5, 0.6) is 0 Å². The van der Waals surface area contributed by atoms with Crippen molar-refractivity contribution in [2.75, 3.05) is 0 Å². The Labute approximate surface area is 240 Å². The summed E-state index contributed by atoms with van der Waals surface area (Å²) in [7, 11) is -2.75. The van der Waals surface area contributed by atoms with Crippen molar-refractivity contribution in [3.8, 4) is 0 Å². The van der Waals surface area contributed by atoms with E-state index >= 15 is 0 Å². The fourth-order valence-electron chi connectivity index (χ4n) is 5.91. The molecule has 0 spiro atoms. The number of ether oxygens (including phenoxy) is 2. The second-order valence-electron chi connectivity index (χ2n) is 12.1. The molecular formula is C34H44O5Si. The molecule has 0 aromatic heterocycles. The molecule has 0 amide bonds. The van der Waals surface area contributed by atoms with Gasteiger partial charge in [0.15, 0.2) is 6.29 Å². The van der Waals surface area contributed by atoms with Crippen molar-refractivity contribution in [3.05, 3.63) is 96.6 Å². The van der Waals surface area contributed by atoms with Crippen LogP contribution in [0.15, 0.2) is 91.0 Å². The lowest BCUT2D eigenvalue weighted by molar-refractivity contribution is -0.248. The quantitative estimate of drug-likeness (QED) is 0.294. The van der Waals surface area contributed by atoms with Crippen LogP contribution in [0.25, 0.3) is 0 Å². The molecule has 1 heterocycles. The van der Waals surface area contributed by atoms with Gasteiger partial charge in [-0.3, -0.25) is 4.79 Å². The fraction of sp³-hybridized carbons (Fsp3) is 0.441. The van der Waals surface area contributed by atoms with Crippen molar-refractivity contribution in [1.82, 2.24) is 0 Å². The van der Waals surface area contributed by atoms with E-state index in [0.29, 0.717) is 12.8 Å². The average Bonchev–Trinajstić information content (AvgIpc) is 2.92. The summed E-state index contributed by atoms with van der Waals surface area (Å²) >= 11 is 0. The smallest absolute Gasteiger partial charge is 0.261 e. The van der Waals surface area contributed by atoms with Crippen molar-refractivity contribution in [2.24, 2.45) is 0 Å². The van der Waals surface area contributed by atoms with E-state index in [1.54, 1.807) is 0 Å². The van der Waals surface area contributed by atoms with E-state index in [9.17, 15) is 9.90 Å². The number of ketones is 1. The maximum absolute atomic E-state index is 13.2. The van der Waals surface area contributed by atoms with E-state index in [4.69, 9.17) is 13.9 Å². The lowest BCUT2D eigenvalue weighted by Gasteiger charge is -2.44. The highest BCUT2D eigenvalue weighted by Gasteiger charge is 2.51. The van der Waals surface area contributed by atoms with Crippen molar-refractivity contribution < 1.29 is 23.8 Å². The van der Waals surface area contributed by atoms with Crippen molar-refractivity contribution in [1.29, 1.82) is 0 Å². The van der Waals surface area contributed by atoms with Gasteiger partial charge in [-0.15, -0.1) is 0 Å². The van der Waals surface area contributed by atoms with Crippen LogP contribution >= 0.6 is 0 Å². The molecule has 0 aliphatic carbocycles. The van der Waals surface area contributed by atoms with Crippen LogP contribution < -0.4 is 10.4 Å². The monoisotopic (exact) mass is 560 g/mol. The number of aliphatic hydroxyl groups is 1. The highest BCUT2D eigenvalue weighted by atomic mass is 28.4. The van der Waals surface area contributed by atoms with Gasteiger partial charge in [0, 0.05) is 30.9 Å². The zero-order chi connectivity index (χ0) is 28.8. The number of carbonyl (C=O) groups is 1. The van der Waals surface area contributed by atoms with Gasteiger partial charge in [-0.25, -0.2) is 0 Å². The van der Waals surface area contributed by atoms with Crippen molar-refractivity contribution >= 4 is 24.5 Å². The van der Waals surface area contributed by atoms with Gasteiger partial charge in [0.1, 0.15) is 5.78 Å². The Morgan fingerprint density at radius 1 is 0.900 bits per heavy atom. The minimum absolute atomic E-state index is 0.00218. The van der Waals surface area contributed by atoms with Crippen LogP contribution in [-0.4, -0.2) is 43.6 Å². The maximum Gasteiger partial charge on any atom is 0.261 e. The number of hydrogen-bond acceptors (Lipinski definition) is 5. The van der Waals surface area contributed by atoms with Gasteiger partial charge in [-0.2, -0.15) is 0 Å². The largest absolute Gasteiger partial charge is 0.404 e. The molecule has 1 saturated heterocycles. The van der Waals surface area contributed by atoms with E-state index in [1.807, 2.05) is 56.3 Å². The molecule has 0 radical (unpaired) electrons. The van der Waals surface area contributed by atoms with Crippen LogP contribution in [-0.2, 0) is 18.7 Å². The molecule has 1 unspecified atom stereocenters. The molecule has 0 saturated carbocycles. The molecule has 5 nitrogen and oxygen atoms in total. The molecule has 1 fully saturated rings. The predicted octanol–water partition coefficient (Wildman–Crippen LogP) is 5.94. The Morgan fingerprint density at radius 2 is 1.43 bits per heavy atom. The molecule has 5 atom stereocenters. The van der Waals surface area contributed by atoms with Crippen LogP contribution in [0.2, 0.25) is 5.04 Å². The van der Waals surface area contributed by atoms with E-state index in [2.05, 4.69) is 69.3 Å². The van der Waals surface area contributed by atoms with E-state index in [-0.39, 0.29) is 42.0 Å². The van der Waals surface area contributed by atoms with Gasteiger partial charge in [-0.1, -0.05) is 112 Å². The van der Waals surface area contributed by atoms with E-state index in [0.717, 1.165) is 5.56 Å². The SMILES string of the molecule is C[C@H](CC(=O)CC(O)C[C@@H]1C[C@H](C)O[C@H](c2ccccc2)O1)O[Si](c1ccccc1)(c1ccccc1)C(C)(C)C. The number of Topliss-reactive ketones (excluding diaryl/α,β-unsaturated/α-hetero) is 1. The predicted molar refractivity (Wildman–Crippen MR) is 162 cm³/mol. The number of hydrogen-bond donors (Lipinski definition) is 1. The molecule has 1 N–H and O–H groups in total. The summed E-state index contributed by atoms with van der Waals surface area (Å²) in [5, 5.41) is 13.1. The molecule has 4 rings (SSSR count). The molecule has 1 aliphatic rings. The van der Waals surface area contributed by atoms with Crippen molar-refractivity contribution in [3.63, 3.8) is 0 Å². The highest BCUT2D eigenvalue weighted by molar-refractivity contribution is 6.99. The maximum atomic E-state index is 13.2. The summed E-state index contributed by atoms with van der Waals surface area (Å²) in [4.78, 5) is 13.2. The summed E-state index contributed by atoms with van der Waals surface area (Å²) < 4.78 is 19.2. The number of aliphatic hydroxyl groups excluding tert-OH is 1. The summed E-state index contributed by atoms with van der Waals surface area (Å²) in [6.45, 7) is 10.7. The standard InChI is InChI=1S/C34H44O5Si/c1-25-22-30(38-33(37-25)27-15-9-6-10-16-27)24-29(36)23-28(35)21-26(2)39-40(34(3,4)5,31-17-11-7-12-18-31)32-19-13-8-14-20-32/h6-20,25-26,29-30,33,36H,21-24H2,1-5H3/t25-,26+,29?,30-,33-/m0/s1. The molecule has 40 heavy (non-hydrogen) atoms. The molecule has 6 heteroatoms. The molecule has 3 aromatic rings. The normalized spacial score (nSPS) is 21.5. The van der Waals surface area contributed by atoms with Crippen LogP contribution in [0, 0.1) is 0 Å². The van der Waals surface area contributed by atoms with Crippen molar-refractivity contribution in [2.45, 2.75) is 96.0 Å². The molecular weight excluding hydrogens is 516 g/mol. The Kier molecular flexibility index (Phi) is 10.1. The minimum atomic E-state index is -2.75. The summed E-state index contributed by atoms with van der Waals surface area (Å²) in [6, 6.07) is 30.7. The average molecular weight is 561 g/mol. The Balaban J connectivity index is 1.41. The van der Waals surface area contributed by atoms with Crippen LogP contribution in [0.4, 0.5) is 0 Å². The Bertz CT molecular complexity index is 1160. The molecule has 214 valence electrons. The molecule has 0 bridgehead atoms. The first-order valence-electron chi connectivity index (χ1n) is 14.4. The Morgan fingerprint density at radius 3 is 1.95 bits per heavy atom. The highest BCUT2D eigenvalue weighted by Crippen LogP contribution is 2.38. The van der Waals surface area contributed by atoms with E-state index < -0.39 is 20.7 Å². The van der Waals surface area contributed by atoms with Gasteiger partial charge in [0.2, 0.25) is 0 Å². The lowest BCUT2D eigenvalue weighted by atomic mass is 9.99. The van der Waals surface area contributed by atoms with Gasteiger partial charge >= 0.3 is 0 Å². The summed E-state index contributed by atoms with van der Waals surface area (Å²) in [5.74, 6) is -0.00218. The number of benzene rings is 3. The second-order valence-corrected chi connectivity index (χ2v) is 16.4. The zero-order valence-electron chi connectivity index (χ0n) is 24.5. The third-order valence-electron chi connectivity index (χ3n) is 7.65. The third-order valence-corrected chi connectivity index (χ3v) is 12.8. The third kappa shape index (κ3) is 7.36. The first-order chi connectivity index (χ1) is 19.1. The lowest BCUT2D eigenvalue weighted by Crippen LogP contribution is -2.67. The van der Waals surface area contributed by atoms with Gasteiger partial charge in [-0.05, 0) is 35.7 Å². The second kappa shape index (κ2) is 13.4. The molecule has 1 aliphatic heterocycles. The first kappa shape index (κ1) is 30.3. The summed E-state index contributed by atoms with van der Waals surface area (Å²) in [6.07, 6.45) is -0.299. The van der Waals surface area contributed by atoms with Crippen LogP contribution in [0.3, 0.4) is 0 Å². The number of rotatable bonds is 11. The van der Waals surface area contributed by atoms with Gasteiger partial charge < -0.3 is 19.0 Å². The minimum Gasteiger partial charge on any atom is -0.404 e. The summed E-state index contributed by atoms with van der Waals surface area (Å²) in [5.41, 5.74) is 0.957. The first-order valence-corrected chi connectivity index (χ1v) is 16.3. The zero-order valence-corrected chi connectivity index (χ0v) is 25.5. The topological polar surface area (TPSA) is 65.0 Å². The number of carbonyl (C=O) groups excluding carboxylic acids is 1. The van der Waals surface area contributed by atoms with Gasteiger partial charge in [0.25, 0.3) is 8.32 Å². The molecule has 3 aromatic carbocycles. The van der Waals surface area contributed by atoms with Crippen LogP contribution in [0.1, 0.15) is 72.2 Å². The fourth-order valence-corrected chi connectivity index (χ4v) is 10.6. The van der Waals surface area contributed by atoms with E-state index in [1.165, 1.54) is 10.4 Å². The van der Waals surface area contributed by atoms with Gasteiger partial charge in [0.05, 0.1) is 18.3 Å². The Hall–Kier alpha value is -2.61.